The Kier molecular flexibility index (Phi) is 4.94. The second kappa shape index (κ2) is 6.23. The number of rotatable bonds is 3. The monoisotopic (exact) mass is 244 g/mol. The van der Waals surface area contributed by atoms with Gasteiger partial charge >= 0.3 is 5.97 Å². The van der Waals surface area contributed by atoms with Crippen LogP contribution in [0.25, 0.3) is 0 Å². The first-order valence-electron chi connectivity index (χ1n) is 6.07. The SMILES string of the molecule is CC(=C=CCc1ccccc1)C(=O)OC(C)(C)C. The largest absolute Gasteiger partial charge is 0.456 e. The van der Waals surface area contributed by atoms with Gasteiger partial charge in [-0.05, 0) is 45.8 Å². The molecule has 1 rings (SSSR count). The van der Waals surface area contributed by atoms with Crippen molar-refractivity contribution in [2.75, 3.05) is 0 Å². The maximum absolute atomic E-state index is 11.7. The van der Waals surface area contributed by atoms with Crippen LogP contribution in [0.5, 0.6) is 0 Å². The minimum absolute atomic E-state index is 0.313. The van der Waals surface area contributed by atoms with E-state index in [-0.39, 0.29) is 5.97 Å². The lowest BCUT2D eigenvalue weighted by molar-refractivity contribution is -0.149. The summed E-state index contributed by atoms with van der Waals surface area (Å²) in [5.41, 5.74) is 4.21. The van der Waals surface area contributed by atoms with E-state index in [0.717, 1.165) is 6.42 Å². The van der Waals surface area contributed by atoms with E-state index in [9.17, 15) is 4.79 Å². The molecule has 0 saturated heterocycles. The molecule has 0 unspecified atom stereocenters. The summed E-state index contributed by atoms with van der Waals surface area (Å²) in [6, 6.07) is 10.1. The smallest absolute Gasteiger partial charge is 0.342 e. The summed E-state index contributed by atoms with van der Waals surface area (Å²) in [6.07, 6.45) is 2.62. The minimum atomic E-state index is -0.459. The average molecular weight is 244 g/mol. The Balaban J connectivity index is 2.63. The topological polar surface area (TPSA) is 26.3 Å². The first-order chi connectivity index (χ1) is 8.38. The molecule has 0 amide bonds. The van der Waals surface area contributed by atoms with E-state index in [4.69, 9.17) is 4.74 Å². The van der Waals surface area contributed by atoms with Crippen LogP contribution in [0, 0.1) is 0 Å². The highest BCUT2D eigenvalue weighted by molar-refractivity contribution is 5.87. The van der Waals surface area contributed by atoms with Gasteiger partial charge in [-0.3, -0.25) is 0 Å². The second-order valence-corrected chi connectivity index (χ2v) is 5.17. The molecule has 2 nitrogen and oxygen atoms in total. The Labute approximate surface area is 109 Å². The molecule has 0 radical (unpaired) electrons. The molecule has 0 saturated carbocycles. The molecule has 18 heavy (non-hydrogen) atoms. The zero-order valence-electron chi connectivity index (χ0n) is 11.5. The highest BCUT2D eigenvalue weighted by atomic mass is 16.6. The average Bonchev–Trinajstić information content (AvgIpc) is 2.28. The van der Waals surface area contributed by atoms with Gasteiger partial charge in [-0.25, -0.2) is 4.79 Å². The van der Waals surface area contributed by atoms with E-state index in [1.165, 1.54) is 5.56 Å². The predicted molar refractivity (Wildman–Crippen MR) is 73.3 cm³/mol. The highest BCUT2D eigenvalue weighted by Crippen LogP contribution is 2.10. The molecule has 0 N–H and O–H groups in total. The fourth-order valence-electron chi connectivity index (χ4n) is 1.35. The first kappa shape index (κ1) is 14.3. The van der Waals surface area contributed by atoms with Crippen molar-refractivity contribution in [1.29, 1.82) is 0 Å². The van der Waals surface area contributed by atoms with Crippen LogP contribution in [-0.2, 0) is 16.0 Å². The van der Waals surface area contributed by atoms with Crippen LogP contribution in [0.4, 0.5) is 0 Å². The number of esters is 1. The molecule has 1 aromatic rings. The summed E-state index contributed by atoms with van der Waals surface area (Å²) in [7, 11) is 0. The molecule has 0 heterocycles. The van der Waals surface area contributed by atoms with Gasteiger partial charge in [0.05, 0.1) is 5.57 Å². The third kappa shape index (κ3) is 5.51. The summed E-state index contributed by atoms with van der Waals surface area (Å²) >= 11 is 0. The van der Waals surface area contributed by atoms with E-state index in [1.807, 2.05) is 57.2 Å². The van der Waals surface area contributed by atoms with Crippen molar-refractivity contribution in [1.82, 2.24) is 0 Å². The van der Waals surface area contributed by atoms with Gasteiger partial charge in [0.2, 0.25) is 0 Å². The van der Waals surface area contributed by atoms with Gasteiger partial charge in [0, 0.05) is 0 Å². The number of hydrogen-bond donors (Lipinski definition) is 0. The van der Waals surface area contributed by atoms with Crippen molar-refractivity contribution >= 4 is 5.97 Å². The standard InChI is InChI=1S/C16H20O2/c1-13(15(17)18-16(2,3)4)9-8-12-14-10-6-5-7-11-14/h5-8,10-11H,12H2,1-4H3. The zero-order valence-corrected chi connectivity index (χ0v) is 11.5. The molecule has 0 aliphatic carbocycles. The molecule has 0 aliphatic rings. The molecule has 1 aromatic carbocycles. The lowest BCUT2D eigenvalue weighted by atomic mass is 10.1. The molecular weight excluding hydrogens is 224 g/mol. The van der Waals surface area contributed by atoms with Crippen LogP contribution >= 0.6 is 0 Å². The fraction of sp³-hybridized carbons (Fsp3) is 0.375. The van der Waals surface area contributed by atoms with E-state index in [0.29, 0.717) is 5.57 Å². The molecule has 0 bridgehead atoms. The quantitative estimate of drug-likeness (QED) is 0.460. The molecule has 0 fully saturated rings. The zero-order chi connectivity index (χ0) is 13.6. The Hall–Kier alpha value is -1.79. The van der Waals surface area contributed by atoms with Gasteiger partial charge in [0.15, 0.2) is 0 Å². The Morgan fingerprint density at radius 2 is 1.89 bits per heavy atom. The second-order valence-electron chi connectivity index (χ2n) is 5.17. The summed E-state index contributed by atoms with van der Waals surface area (Å²) in [5.74, 6) is -0.313. The van der Waals surface area contributed by atoms with Crippen LogP contribution in [0.1, 0.15) is 33.3 Å². The van der Waals surface area contributed by atoms with Crippen LogP contribution in [0.2, 0.25) is 0 Å². The van der Waals surface area contributed by atoms with Gasteiger partial charge in [0.25, 0.3) is 0 Å². The molecule has 0 atom stereocenters. The van der Waals surface area contributed by atoms with Crippen molar-refractivity contribution in [3.8, 4) is 0 Å². The Morgan fingerprint density at radius 1 is 1.28 bits per heavy atom. The first-order valence-corrected chi connectivity index (χ1v) is 6.07. The Morgan fingerprint density at radius 3 is 2.44 bits per heavy atom. The van der Waals surface area contributed by atoms with Gasteiger partial charge in [0.1, 0.15) is 5.60 Å². The maximum atomic E-state index is 11.7. The number of carbonyl (C=O) groups is 1. The van der Waals surface area contributed by atoms with Crippen LogP contribution in [0.3, 0.4) is 0 Å². The predicted octanol–water partition coefficient (Wildman–Crippen LogP) is 3.67. The van der Waals surface area contributed by atoms with Crippen LogP contribution in [-0.4, -0.2) is 11.6 Å². The van der Waals surface area contributed by atoms with Crippen molar-refractivity contribution in [2.24, 2.45) is 0 Å². The fourth-order valence-corrected chi connectivity index (χ4v) is 1.35. The van der Waals surface area contributed by atoms with Gasteiger partial charge in [-0.15, -0.1) is 5.73 Å². The van der Waals surface area contributed by atoms with Crippen molar-refractivity contribution in [3.63, 3.8) is 0 Å². The molecule has 0 aromatic heterocycles. The lowest BCUT2D eigenvalue weighted by Gasteiger charge is -2.18. The van der Waals surface area contributed by atoms with Gasteiger partial charge in [-0.1, -0.05) is 30.3 Å². The van der Waals surface area contributed by atoms with Gasteiger partial charge < -0.3 is 4.74 Å². The van der Waals surface area contributed by atoms with E-state index in [2.05, 4.69) is 5.73 Å². The van der Waals surface area contributed by atoms with Crippen molar-refractivity contribution < 1.29 is 9.53 Å². The Bertz CT molecular complexity index is 458. The highest BCUT2D eigenvalue weighted by Gasteiger charge is 2.16. The number of carbonyl (C=O) groups excluding carboxylic acids is 1. The number of hydrogen-bond acceptors (Lipinski definition) is 2. The third-order valence-corrected chi connectivity index (χ3v) is 2.20. The summed E-state index contributed by atoms with van der Waals surface area (Å²) in [5, 5.41) is 0. The summed E-state index contributed by atoms with van der Waals surface area (Å²) < 4.78 is 5.24. The van der Waals surface area contributed by atoms with Crippen LogP contribution < -0.4 is 0 Å². The molecular formula is C16H20O2. The van der Waals surface area contributed by atoms with Crippen molar-refractivity contribution in [3.05, 3.63) is 53.3 Å². The van der Waals surface area contributed by atoms with Gasteiger partial charge in [-0.2, -0.15) is 0 Å². The summed E-state index contributed by atoms with van der Waals surface area (Å²) in [4.78, 5) is 11.7. The lowest BCUT2D eigenvalue weighted by Crippen LogP contribution is -2.24. The summed E-state index contributed by atoms with van der Waals surface area (Å²) in [6.45, 7) is 7.28. The third-order valence-electron chi connectivity index (χ3n) is 2.20. The van der Waals surface area contributed by atoms with E-state index >= 15 is 0 Å². The number of ether oxygens (including phenoxy) is 1. The van der Waals surface area contributed by atoms with Crippen molar-refractivity contribution in [2.45, 2.75) is 39.7 Å². The normalized spacial score (nSPS) is 10.4. The number of benzene rings is 1. The molecule has 0 spiro atoms. The molecule has 96 valence electrons. The molecule has 0 aliphatic heterocycles. The van der Waals surface area contributed by atoms with Crippen LogP contribution in [0.15, 0.2) is 47.7 Å². The van der Waals surface area contributed by atoms with E-state index < -0.39 is 5.60 Å². The minimum Gasteiger partial charge on any atom is -0.456 e. The molecule has 2 heteroatoms. The van der Waals surface area contributed by atoms with E-state index in [1.54, 1.807) is 6.92 Å². The maximum Gasteiger partial charge on any atom is 0.342 e.